The average Bonchev–Trinajstić information content (AvgIpc) is 2.42. The van der Waals surface area contributed by atoms with Crippen molar-refractivity contribution in [2.45, 2.75) is 4.90 Å². The molecule has 0 aromatic heterocycles. The van der Waals surface area contributed by atoms with E-state index in [4.69, 9.17) is 16.3 Å². The fourth-order valence-corrected chi connectivity index (χ4v) is 2.48. The van der Waals surface area contributed by atoms with Gasteiger partial charge in [-0.2, -0.15) is 0 Å². The Balaban J connectivity index is 2.89. The van der Waals surface area contributed by atoms with E-state index < -0.39 is 9.84 Å². The van der Waals surface area contributed by atoms with E-state index in [1.54, 1.807) is 12.0 Å². The molecule has 5 nitrogen and oxygen atoms in total. The lowest BCUT2D eigenvalue weighted by molar-refractivity contribution is 0.0707. The van der Waals surface area contributed by atoms with Gasteiger partial charge in [0.15, 0.2) is 9.84 Å². The van der Waals surface area contributed by atoms with Crippen LogP contribution in [0.5, 0.6) is 0 Å². The smallest absolute Gasteiger partial charge is 0.253 e. The molecule has 1 aromatic rings. The Morgan fingerprint density at radius 1 is 1.25 bits per heavy atom. The minimum absolute atomic E-state index is 0.190. The molecular weight excluding hydrogens is 302 g/mol. The zero-order valence-electron chi connectivity index (χ0n) is 11.5. The number of rotatable bonds is 7. The number of alkyl halides is 1. The highest BCUT2D eigenvalue weighted by Gasteiger charge is 2.16. The molecule has 0 fully saturated rings. The lowest BCUT2D eigenvalue weighted by Gasteiger charge is -2.21. The predicted molar refractivity (Wildman–Crippen MR) is 78.1 cm³/mol. The van der Waals surface area contributed by atoms with Crippen LogP contribution >= 0.6 is 11.6 Å². The van der Waals surface area contributed by atoms with Crippen molar-refractivity contribution in [3.05, 3.63) is 29.8 Å². The van der Waals surface area contributed by atoms with Gasteiger partial charge in [0.05, 0.1) is 11.5 Å². The topological polar surface area (TPSA) is 63.7 Å². The Bertz CT molecular complexity index is 542. The van der Waals surface area contributed by atoms with E-state index in [1.807, 2.05) is 0 Å². The van der Waals surface area contributed by atoms with E-state index in [0.717, 1.165) is 6.26 Å². The largest absolute Gasteiger partial charge is 0.383 e. The lowest BCUT2D eigenvalue weighted by atomic mass is 10.2. The number of halogens is 1. The van der Waals surface area contributed by atoms with Gasteiger partial charge in [-0.1, -0.05) is 0 Å². The molecule has 0 aliphatic carbocycles. The number of carbonyl (C=O) groups is 1. The summed E-state index contributed by atoms with van der Waals surface area (Å²) in [4.78, 5) is 14.0. The highest BCUT2D eigenvalue weighted by molar-refractivity contribution is 7.90. The highest BCUT2D eigenvalue weighted by Crippen LogP contribution is 2.12. The summed E-state index contributed by atoms with van der Waals surface area (Å²) in [6.45, 7) is 1.28. The molecule has 0 atom stereocenters. The first-order valence-corrected chi connectivity index (χ1v) is 8.47. The second kappa shape index (κ2) is 7.61. The quantitative estimate of drug-likeness (QED) is 0.713. The summed E-state index contributed by atoms with van der Waals surface area (Å²) >= 11 is 5.68. The van der Waals surface area contributed by atoms with E-state index in [1.165, 1.54) is 24.3 Å². The Morgan fingerprint density at radius 2 is 1.85 bits per heavy atom. The number of hydrogen-bond acceptors (Lipinski definition) is 4. The number of nitrogens with zero attached hydrogens (tertiary/aromatic N) is 1. The van der Waals surface area contributed by atoms with Crippen LogP contribution in [0.25, 0.3) is 0 Å². The normalized spacial score (nSPS) is 11.3. The SMILES string of the molecule is COCCN(CCCl)C(=O)c1ccc(S(C)(=O)=O)cc1. The van der Waals surface area contributed by atoms with Crippen LogP contribution in [0.1, 0.15) is 10.4 Å². The van der Waals surface area contributed by atoms with Crippen molar-refractivity contribution >= 4 is 27.3 Å². The van der Waals surface area contributed by atoms with Crippen molar-refractivity contribution in [1.29, 1.82) is 0 Å². The van der Waals surface area contributed by atoms with Crippen LogP contribution in [0.15, 0.2) is 29.2 Å². The Kier molecular flexibility index (Phi) is 6.45. The molecule has 7 heteroatoms. The second-order valence-corrected chi connectivity index (χ2v) is 6.66. The van der Waals surface area contributed by atoms with E-state index >= 15 is 0 Å². The van der Waals surface area contributed by atoms with Gasteiger partial charge in [-0.3, -0.25) is 4.79 Å². The van der Waals surface area contributed by atoms with E-state index in [-0.39, 0.29) is 10.8 Å². The molecule has 1 aromatic carbocycles. The maximum absolute atomic E-state index is 12.3. The van der Waals surface area contributed by atoms with Crippen LogP contribution in [0.3, 0.4) is 0 Å². The molecule has 0 radical (unpaired) electrons. The van der Waals surface area contributed by atoms with Gasteiger partial charge in [-0.25, -0.2) is 8.42 Å². The standard InChI is InChI=1S/C13H18ClNO4S/c1-19-10-9-15(8-7-14)13(16)11-3-5-12(6-4-11)20(2,17)18/h3-6H,7-10H2,1-2H3. The molecule has 1 rings (SSSR count). The van der Waals surface area contributed by atoms with Gasteiger partial charge in [0, 0.05) is 37.9 Å². The molecule has 0 aliphatic rings. The third-order valence-corrected chi connectivity index (χ3v) is 4.03. The first-order chi connectivity index (χ1) is 9.40. The first-order valence-electron chi connectivity index (χ1n) is 6.04. The van der Waals surface area contributed by atoms with Gasteiger partial charge >= 0.3 is 0 Å². The summed E-state index contributed by atoms with van der Waals surface area (Å²) in [6.07, 6.45) is 1.13. The molecule has 0 bridgehead atoms. The number of methoxy groups -OCH3 is 1. The third-order valence-electron chi connectivity index (χ3n) is 2.74. The molecule has 0 N–H and O–H groups in total. The van der Waals surface area contributed by atoms with Crippen LogP contribution in [0.2, 0.25) is 0 Å². The minimum atomic E-state index is -3.26. The highest BCUT2D eigenvalue weighted by atomic mass is 35.5. The summed E-state index contributed by atoms with van der Waals surface area (Å²) in [5, 5.41) is 0. The van der Waals surface area contributed by atoms with Crippen LogP contribution < -0.4 is 0 Å². The van der Waals surface area contributed by atoms with Crippen molar-refractivity contribution < 1.29 is 17.9 Å². The van der Waals surface area contributed by atoms with Gasteiger partial charge in [0.2, 0.25) is 0 Å². The summed E-state index contributed by atoms with van der Waals surface area (Å²) in [5.74, 6) is 0.138. The molecule has 0 aliphatic heterocycles. The fourth-order valence-electron chi connectivity index (χ4n) is 1.65. The number of benzene rings is 1. The molecular formula is C13H18ClNO4S. The number of carbonyl (C=O) groups excluding carboxylic acids is 1. The van der Waals surface area contributed by atoms with Crippen molar-refractivity contribution in [3.63, 3.8) is 0 Å². The maximum atomic E-state index is 12.3. The van der Waals surface area contributed by atoms with Gasteiger partial charge < -0.3 is 9.64 Å². The molecule has 0 unspecified atom stereocenters. The predicted octanol–water partition coefficient (Wildman–Crippen LogP) is 1.42. The first kappa shape index (κ1) is 16.9. The average molecular weight is 320 g/mol. The Labute approximate surface area is 124 Å². The number of ether oxygens (including phenoxy) is 1. The molecule has 0 saturated carbocycles. The molecule has 112 valence electrons. The van der Waals surface area contributed by atoms with Crippen molar-refractivity contribution in [2.24, 2.45) is 0 Å². The fraction of sp³-hybridized carbons (Fsp3) is 0.462. The third kappa shape index (κ3) is 4.77. The maximum Gasteiger partial charge on any atom is 0.253 e. The van der Waals surface area contributed by atoms with E-state index in [9.17, 15) is 13.2 Å². The molecule has 20 heavy (non-hydrogen) atoms. The lowest BCUT2D eigenvalue weighted by Crippen LogP contribution is -2.35. The van der Waals surface area contributed by atoms with Gasteiger partial charge in [0.1, 0.15) is 0 Å². The summed E-state index contributed by atoms with van der Waals surface area (Å²) in [6, 6.07) is 5.87. The van der Waals surface area contributed by atoms with Crippen LogP contribution in [0.4, 0.5) is 0 Å². The van der Waals surface area contributed by atoms with Crippen LogP contribution in [0, 0.1) is 0 Å². The van der Waals surface area contributed by atoms with Crippen molar-refractivity contribution in [2.75, 3.05) is 38.9 Å². The summed E-state index contributed by atoms with van der Waals surface area (Å²) in [7, 11) is -1.70. The van der Waals surface area contributed by atoms with Crippen LogP contribution in [-0.2, 0) is 14.6 Å². The molecule has 1 amide bonds. The Hall–Kier alpha value is -1.11. The van der Waals surface area contributed by atoms with Crippen LogP contribution in [-0.4, -0.2) is 58.2 Å². The molecule has 0 heterocycles. The Morgan fingerprint density at radius 3 is 2.30 bits per heavy atom. The monoisotopic (exact) mass is 319 g/mol. The zero-order valence-corrected chi connectivity index (χ0v) is 13.1. The zero-order chi connectivity index (χ0) is 15.2. The van der Waals surface area contributed by atoms with Gasteiger partial charge in [0.25, 0.3) is 5.91 Å². The van der Waals surface area contributed by atoms with Gasteiger partial charge in [-0.05, 0) is 24.3 Å². The van der Waals surface area contributed by atoms with E-state index in [0.29, 0.717) is 31.1 Å². The molecule has 0 saturated heterocycles. The van der Waals surface area contributed by atoms with E-state index in [2.05, 4.69) is 0 Å². The number of amides is 1. The van der Waals surface area contributed by atoms with Gasteiger partial charge in [-0.15, -0.1) is 11.6 Å². The van der Waals surface area contributed by atoms with Crippen molar-refractivity contribution in [3.8, 4) is 0 Å². The minimum Gasteiger partial charge on any atom is -0.383 e. The summed E-state index contributed by atoms with van der Waals surface area (Å²) < 4.78 is 27.7. The second-order valence-electron chi connectivity index (χ2n) is 4.27. The van der Waals surface area contributed by atoms with Crippen molar-refractivity contribution in [1.82, 2.24) is 4.90 Å². The summed E-state index contributed by atoms with van der Waals surface area (Å²) in [5.41, 5.74) is 0.429. The molecule has 0 spiro atoms. The number of hydrogen-bond donors (Lipinski definition) is 0. The number of sulfone groups is 1.